The maximum Gasteiger partial charge on any atom is 0.228 e. The minimum absolute atomic E-state index is 0.193. The van der Waals surface area contributed by atoms with Crippen molar-refractivity contribution in [2.75, 3.05) is 17.2 Å². The lowest BCUT2D eigenvalue weighted by molar-refractivity contribution is -0.119. The molecule has 0 aromatic heterocycles. The minimum atomic E-state index is -0.389. The molecule has 0 spiro atoms. The van der Waals surface area contributed by atoms with Crippen molar-refractivity contribution < 1.29 is 9.18 Å². The van der Waals surface area contributed by atoms with Gasteiger partial charge in [0.1, 0.15) is 5.82 Å². The van der Waals surface area contributed by atoms with Gasteiger partial charge in [-0.3, -0.25) is 4.79 Å². The smallest absolute Gasteiger partial charge is 0.228 e. The molecule has 100 valence electrons. The molecular weight excluding hydrogens is 233 g/mol. The predicted octanol–water partition coefficient (Wildman–Crippen LogP) is 2.18. The van der Waals surface area contributed by atoms with Crippen molar-refractivity contribution >= 4 is 17.3 Å². The molecule has 0 radical (unpaired) electrons. The summed E-state index contributed by atoms with van der Waals surface area (Å²) in [6.07, 6.45) is 0. The molecule has 0 aliphatic rings. The fraction of sp³-hybridized carbons (Fsp3) is 0.462. The van der Waals surface area contributed by atoms with E-state index in [4.69, 9.17) is 5.73 Å². The first-order valence-corrected chi connectivity index (χ1v) is 6.01. The highest BCUT2D eigenvalue weighted by Gasteiger charge is 2.13. The molecule has 18 heavy (non-hydrogen) atoms. The average Bonchev–Trinajstić information content (AvgIpc) is 2.31. The van der Waals surface area contributed by atoms with Crippen LogP contribution in [0, 0.1) is 11.7 Å². The lowest BCUT2D eigenvalue weighted by Crippen LogP contribution is -2.27. The Kier molecular flexibility index (Phi) is 5.09. The summed E-state index contributed by atoms with van der Waals surface area (Å²) in [6, 6.07) is 4.45. The summed E-state index contributed by atoms with van der Waals surface area (Å²) in [6.45, 7) is 5.92. The van der Waals surface area contributed by atoms with Gasteiger partial charge in [-0.1, -0.05) is 6.92 Å². The van der Waals surface area contributed by atoms with Crippen LogP contribution in [-0.2, 0) is 4.79 Å². The third-order valence-corrected chi connectivity index (χ3v) is 2.48. The minimum Gasteiger partial charge on any atom is -0.381 e. The summed E-state index contributed by atoms with van der Waals surface area (Å²) in [5.74, 6) is -0.907. The number of rotatable bonds is 5. The molecule has 4 N–H and O–H groups in total. The molecule has 1 amide bonds. The van der Waals surface area contributed by atoms with E-state index in [-0.39, 0.29) is 30.2 Å². The first kappa shape index (κ1) is 14.4. The van der Waals surface area contributed by atoms with Gasteiger partial charge in [-0.25, -0.2) is 4.39 Å². The van der Waals surface area contributed by atoms with Crippen LogP contribution in [0.25, 0.3) is 0 Å². The number of carbonyl (C=O) groups excluding carboxylic acids is 1. The van der Waals surface area contributed by atoms with Crippen LogP contribution in [0.3, 0.4) is 0 Å². The molecule has 1 rings (SSSR count). The van der Waals surface area contributed by atoms with Crippen molar-refractivity contribution in [3.63, 3.8) is 0 Å². The topological polar surface area (TPSA) is 67.1 Å². The van der Waals surface area contributed by atoms with Crippen LogP contribution in [0.15, 0.2) is 18.2 Å². The quantitative estimate of drug-likeness (QED) is 0.753. The summed E-state index contributed by atoms with van der Waals surface area (Å²) < 4.78 is 13.2. The number of benzene rings is 1. The third kappa shape index (κ3) is 4.00. The number of amides is 1. The Bertz CT molecular complexity index is 421. The molecule has 5 heteroatoms. The molecule has 0 aliphatic carbocycles. The maximum atomic E-state index is 13.2. The van der Waals surface area contributed by atoms with Crippen LogP contribution in [0.2, 0.25) is 0 Å². The molecule has 1 aromatic rings. The number of nitrogens with two attached hydrogens (primary N) is 1. The van der Waals surface area contributed by atoms with Crippen molar-refractivity contribution in [3.8, 4) is 0 Å². The lowest BCUT2D eigenvalue weighted by atomic mass is 10.1. The van der Waals surface area contributed by atoms with E-state index >= 15 is 0 Å². The number of halogens is 1. The van der Waals surface area contributed by atoms with Crippen LogP contribution in [-0.4, -0.2) is 18.5 Å². The van der Waals surface area contributed by atoms with Gasteiger partial charge in [-0.15, -0.1) is 0 Å². The lowest BCUT2D eigenvalue weighted by Gasteiger charge is -2.17. The monoisotopic (exact) mass is 253 g/mol. The molecule has 0 aliphatic heterocycles. The number of hydrogen-bond acceptors (Lipinski definition) is 3. The molecule has 0 fully saturated rings. The van der Waals surface area contributed by atoms with Gasteiger partial charge in [-0.05, 0) is 32.0 Å². The fourth-order valence-corrected chi connectivity index (χ4v) is 1.42. The molecule has 0 saturated heterocycles. The molecule has 4 nitrogen and oxygen atoms in total. The van der Waals surface area contributed by atoms with Gasteiger partial charge in [0.25, 0.3) is 0 Å². The van der Waals surface area contributed by atoms with Gasteiger partial charge in [0.15, 0.2) is 0 Å². The van der Waals surface area contributed by atoms with Gasteiger partial charge in [-0.2, -0.15) is 0 Å². The number of hydrogen-bond donors (Lipinski definition) is 3. The van der Waals surface area contributed by atoms with Gasteiger partial charge in [0, 0.05) is 18.5 Å². The van der Waals surface area contributed by atoms with E-state index in [9.17, 15) is 9.18 Å². The van der Waals surface area contributed by atoms with Crippen molar-refractivity contribution in [2.24, 2.45) is 11.7 Å². The molecule has 1 aromatic carbocycles. The normalized spacial score (nSPS) is 12.3. The van der Waals surface area contributed by atoms with E-state index in [1.807, 2.05) is 13.8 Å². The van der Waals surface area contributed by atoms with Crippen LogP contribution in [0.1, 0.15) is 20.8 Å². The Labute approximate surface area is 107 Å². The zero-order valence-electron chi connectivity index (χ0n) is 11.0. The van der Waals surface area contributed by atoms with Crippen molar-refractivity contribution in [1.29, 1.82) is 0 Å². The van der Waals surface area contributed by atoms with Gasteiger partial charge in [0.2, 0.25) is 5.91 Å². The second kappa shape index (κ2) is 6.35. The Hall–Kier alpha value is -1.62. The van der Waals surface area contributed by atoms with Gasteiger partial charge < -0.3 is 16.4 Å². The van der Waals surface area contributed by atoms with E-state index < -0.39 is 0 Å². The van der Waals surface area contributed by atoms with E-state index in [0.717, 1.165) is 0 Å². The first-order valence-electron chi connectivity index (χ1n) is 6.01. The van der Waals surface area contributed by atoms with E-state index in [1.165, 1.54) is 12.1 Å². The summed E-state index contributed by atoms with van der Waals surface area (Å²) in [4.78, 5) is 11.8. The molecule has 0 bridgehead atoms. The average molecular weight is 253 g/mol. The predicted molar refractivity (Wildman–Crippen MR) is 72.0 cm³/mol. The van der Waals surface area contributed by atoms with Crippen molar-refractivity contribution in [2.45, 2.75) is 26.8 Å². The van der Waals surface area contributed by atoms with E-state index in [0.29, 0.717) is 11.4 Å². The highest BCUT2D eigenvalue weighted by atomic mass is 19.1. The van der Waals surface area contributed by atoms with Gasteiger partial charge >= 0.3 is 0 Å². The van der Waals surface area contributed by atoms with Crippen LogP contribution in [0.4, 0.5) is 15.8 Å². The number of nitrogens with one attached hydrogen (secondary N) is 2. The van der Waals surface area contributed by atoms with E-state index in [1.54, 1.807) is 13.0 Å². The second-order valence-electron chi connectivity index (χ2n) is 4.61. The largest absolute Gasteiger partial charge is 0.381 e. The highest BCUT2D eigenvalue weighted by Crippen LogP contribution is 2.24. The van der Waals surface area contributed by atoms with Gasteiger partial charge in [0.05, 0.1) is 11.4 Å². The standard InChI is InChI=1S/C13H20FN3O/c1-8(2)16-11-5-4-10(14)6-12(11)17-13(18)9(3)7-15/h4-6,8-9,16H,7,15H2,1-3H3,(H,17,18). The third-order valence-electron chi connectivity index (χ3n) is 2.48. The Morgan fingerprint density at radius 3 is 2.56 bits per heavy atom. The first-order chi connectivity index (χ1) is 8.43. The SMILES string of the molecule is CC(C)Nc1ccc(F)cc1NC(=O)C(C)CN. The maximum absolute atomic E-state index is 13.2. The molecule has 1 unspecified atom stereocenters. The van der Waals surface area contributed by atoms with Crippen molar-refractivity contribution in [3.05, 3.63) is 24.0 Å². The van der Waals surface area contributed by atoms with E-state index in [2.05, 4.69) is 10.6 Å². The Balaban J connectivity index is 2.91. The Morgan fingerprint density at radius 2 is 2.00 bits per heavy atom. The molecular formula is C13H20FN3O. The van der Waals surface area contributed by atoms with Crippen LogP contribution >= 0.6 is 0 Å². The summed E-state index contributed by atoms with van der Waals surface area (Å²) in [5.41, 5.74) is 6.56. The van der Waals surface area contributed by atoms with Crippen molar-refractivity contribution in [1.82, 2.24) is 0 Å². The number of anilines is 2. The number of carbonyl (C=O) groups is 1. The van der Waals surface area contributed by atoms with Crippen LogP contribution < -0.4 is 16.4 Å². The molecule has 1 atom stereocenters. The summed E-state index contributed by atoms with van der Waals surface area (Å²) in [5, 5.41) is 5.84. The fourth-order valence-electron chi connectivity index (χ4n) is 1.42. The zero-order chi connectivity index (χ0) is 13.7. The summed E-state index contributed by atoms with van der Waals surface area (Å²) >= 11 is 0. The zero-order valence-corrected chi connectivity index (χ0v) is 11.0. The van der Waals surface area contributed by atoms with Crippen LogP contribution in [0.5, 0.6) is 0 Å². The molecule has 0 heterocycles. The highest BCUT2D eigenvalue weighted by molar-refractivity contribution is 5.95. The Morgan fingerprint density at radius 1 is 1.33 bits per heavy atom. The summed E-state index contributed by atoms with van der Waals surface area (Å²) in [7, 11) is 0. The molecule has 0 saturated carbocycles. The second-order valence-corrected chi connectivity index (χ2v) is 4.61.